The summed E-state index contributed by atoms with van der Waals surface area (Å²) in [6.45, 7) is 4.56. The zero-order valence-corrected chi connectivity index (χ0v) is 9.79. The first kappa shape index (κ1) is 12.0. The van der Waals surface area contributed by atoms with E-state index >= 15 is 0 Å². The topological polar surface area (TPSA) is 63.4 Å². The lowest BCUT2D eigenvalue weighted by atomic mass is 10.3. The summed E-state index contributed by atoms with van der Waals surface area (Å²) >= 11 is 0. The molecule has 0 bridgehead atoms. The Balaban J connectivity index is 3.16. The second-order valence-corrected chi connectivity index (χ2v) is 5.10. The SMILES string of the molecule is CCN(CC)S(=O)(=O)c1cccc(N)c1. The van der Waals surface area contributed by atoms with Gasteiger partial charge in [0.25, 0.3) is 0 Å². The number of hydrogen-bond donors (Lipinski definition) is 1. The van der Waals surface area contributed by atoms with Gasteiger partial charge in [0, 0.05) is 18.8 Å². The van der Waals surface area contributed by atoms with Gasteiger partial charge < -0.3 is 5.73 Å². The number of nitrogens with zero attached hydrogens (tertiary/aromatic N) is 1. The molecule has 0 atom stereocenters. The highest BCUT2D eigenvalue weighted by molar-refractivity contribution is 7.89. The summed E-state index contributed by atoms with van der Waals surface area (Å²) in [7, 11) is -3.37. The molecular formula is C10H16N2O2S. The molecule has 0 radical (unpaired) electrons. The highest BCUT2D eigenvalue weighted by Gasteiger charge is 2.21. The maximum absolute atomic E-state index is 12.0. The third-order valence-corrected chi connectivity index (χ3v) is 4.25. The van der Waals surface area contributed by atoms with E-state index in [9.17, 15) is 8.42 Å². The van der Waals surface area contributed by atoms with Crippen LogP contribution in [0, 0.1) is 0 Å². The van der Waals surface area contributed by atoms with E-state index in [4.69, 9.17) is 5.73 Å². The Morgan fingerprint density at radius 1 is 1.27 bits per heavy atom. The molecule has 0 amide bonds. The second kappa shape index (κ2) is 4.63. The molecule has 1 aromatic carbocycles. The number of nitrogens with two attached hydrogens (primary N) is 1. The van der Waals surface area contributed by atoms with Crippen molar-refractivity contribution in [2.24, 2.45) is 0 Å². The highest BCUT2D eigenvalue weighted by Crippen LogP contribution is 2.17. The molecule has 0 spiro atoms. The Kier molecular flexibility index (Phi) is 3.71. The van der Waals surface area contributed by atoms with Crippen LogP contribution in [0.25, 0.3) is 0 Å². The standard InChI is InChI=1S/C10H16N2O2S/c1-3-12(4-2)15(13,14)10-7-5-6-9(11)8-10/h5-8H,3-4,11H2,1-2H3. The lowest BCUT2D eigenvalue weighted by Crippen LogP contribution is -2.30. The van der Waals surface area contributed by atoms with Crippen molar-refractivity contribution >= 4 is 15.7 Å². The molecule has 4 nitrogen and oxygen atoms in total. The Bertz CT molecular complexity index is 425. The second-order valence-electron chi connectivity index (χ2n) is 3.16. The third-order valence-electron chi connectivity index (χ3n) is 2.20. The quantitative estimate of drug-likeness (QED) is 0.790. The fourth-order valence-corrected chi connectivity index (χ4v) is 2.90. The minimum absolute atomic E-state index is 0.256. The van der Waals surface area contributed by atoms with E-state index in [0.29, 0.717) is 18.8 Å². The lowest BCUT2D eigenvalue weighted by molar-refractivity contribution is 0.445. The van der Waals surface area contributed by atoms with Crippen LogP contribution in [-0.4, -0.2) is 25.8 Å². The number of hydrogen-bond acceptors (Lipinski definition) is 3. The number of nitrogen functional groups attached to an aromatic ring is 1. The van der Waals surface area contributed by atoms with Gasteiger partial charge in [-0.25, -0.2) is 8.42 Å². The van der Waals surface area contributed by atoms with Crippen LogP contribution in [0.3, 0.4) is 0 Å². The van der Waals surface area contributed by atoms with Gasteiger partial charge in [0.15, 0.2) is 0 Å². The van der Waals surface area contributed by atoms with Gasteiger partial charge in [0.1, 0.15) is 0 Å². The summed E-state index contributed by atoms with van der Waals surface area (Å²) in [5.74, 6) is 0. The maximum atomic E-state index is 12.0. The third kappa shape index (κ3) is 2.49. The van der Waals surface area contributed by atoms with Gasteiger partial charge in [-0.1, -0.05) is 19.9 Å². The van der Waals surface area contributed by atoms with Crippen LogP contribution in [-0.2, 0) is 10.0 Å². The Labute approximate surface area is 90.8 Å². The van der Waals surface area contributed by atoms with Crippen LogP contribution >= 0.6 is 0 Å². The van der Waals surface area contributed by atoms with Gasteiger partial charge >= 0.3 is 0 Å². The molecule has 0 aliphatic carbocycles. The van der Waals surface area contributed by atoms with Crippen molar-refractivity contribution in [3.05, 3.63) is 24.3 Å². The van der Waals surface area contributed by atoms with Crippen molar-refractivity contribution in [2.75, 3.05) is 18.8 Å². The smallest absolute Gasteiger partial charge is 0.243 e. The minimum atomic E-state index is -3.37. The summed E-state index contributed by atoms with van der Waals surface area (Å²) in [5, 5.41) is 0. The molecule has 5 heteroatoms. The minimum Gasteiger partial charge on any atom is -0.399 e. The summed E-state index contributed by atoms with van der Waals surface area (Å²) in [6, 6.07) is 6.35. The lowest BCUT2D eigenvalue weighted by Gasteiger charge is -2.18. The van der Waals surface area contributed by atoms with E-state index in [1.165, 1.54) is 10.4 Å². The molecule has 0 heterocycles. The fourth-order valence-electron chi connectivity index (χ4n) is 1.39. The first-order valence-electron chi connectivity index (χ1n) is 4.88. The predicted octanol–water partition coefficient (Wildman–Crippen LogP) is 1.30. The van der Waals surface area contributed by atoms with E-state index < -0.39 is 10.0 Å². The molecule has 84 valence electrons. The Morgan fingerprint density at radius 3 is 2.33 bits per heavy atom. The maximum Gasteiger partial charge on any atom is 0.243 e. The van der Waals surface area contributed by atoms with Crippen molar-refractivity contribution < 1.29 is 8.42 Å². The molecule has 1 rings (SSSR count). The average molecular weight is 228 g/mol. The van der Waals surface area contributed by atoms with Crippen LogP contribution in [0.15, 0.2) is 29.2 Å². The Morgan fingerprint density at radius 2 is 1.87 bits per heavy atom. The van der Waals surface area contributed by atoms with Crippen LogP contribution in [0.5, 0.6) is 0 Å². The van der Waals surface area contributed by atoms with E-state index in [0.717, 1.165) is 0 Å². The summed E-state index contributed by atoms with van der Waals surface area (Å²) in [6.07, 6.45) is 0. The average Bonchev–Trinajstić information content (AvgIpc) is 2.19. The van der Waals surface area contributed by atoms with Crippen LogP contribution < -0.4 is 5.73 Å². The van der Waals surface area contributed by atoms with Crippen LogP contribution in [0.1, 0.15) is 13.8 Å². The number of benzene rings is 1. The molecule has 0 aromatic heterocycles. The highest BCUT2D eigenvalue weighted by atomic mass is 32.2. The summed E-state index contributed by atoms with van der Waals surface area (Å²) < 4.78 is 25.4. The van der Waals surface area contributed by atoms with Crippen molar-refractivity contribution in [3.63, 3.8) is 0 Å². The van der Waals surface area contributed by atoms with Crippen molar-refractivity contribution in [1.29, 1.82) is 0 Å². The van der Waals surface area contributed by atoms with Gasteiger partial charge in [-0.2, -0.15) is 4.31 Å². The number of anilines is 1. The van der Waals surface area contributed by atoms with Gasteiger partial charge in [-0.15, -0.1) is 0 Å². The van der Waals surface area contributed by atoms with Gasteiger partial charge in [0.05, 0.1) is 4.90 Å². The molecular weight excluding hydrogens is 212 g/mol. The van der Waals surface area contributed by atoms with Gasteiger partial charge in [-0.3, -0.25) is 0 Å². The molecule has 0 fully saturated rings. The van der Waals surface area contributed by atoms with Crippen molar-refractivity contribution in [2.45, 2.75) is 18.7 Å². The monoisotopic (exact) mass is 228 g/mol. The van der Waals surface area contributed by atoms with Gasteiger partial charge in [0.2, 0.25) is 10.0 Å². The summed E-state index contributed by atoms with van der Waals surface area (Å²) in [4.78, 5) is 0.256. The predicted molar refractivity (Wildman–Crippen MR) is 61.0 cm³/mol. The number of sulfonamides is 1. The van der Waals surface area contributed by atoms with Crippen molar-refractivity contribution in [1.82, 2.24) is 4.31 Å². The molecule has 0 aliphatic rings. The normalized spacial score (nSPS) is 11.9. The Hall–Kier alpha value is -1.07. The molecule has 0 unspecified atom stereocenters. The fraction of sp³-hybridized carbons (Fsp3) is 0.400. The van der Waals surface area contributed by atoms with Crippen molar-refractivity contribution in [3.8, 4) is 0 Å². The van der Waals surface area contributed by atoms with E-state index in [2.05, 4.69) is 0 Å². The molecule has 0 saturated carbocycles. The molecule has 1 aromatic rings. The molecule has 0 aliphatic heterocycles. The number of rotatable bonds is 4. The van der Waals surface area contributed by atoms with E-state index in [-0.39, 0.29) is 4.90 Å². The largest absolute Gasteiger partial charge is 0.399 e. The molecule has 15 heavy (non-hydrogen) atoms. The first-order chi connectivity index (χ1) is 7.02. The van der Waals surface area contributed by atoms with Crippen LogP contribution in [0.2, 0.25) is 0 Å². The molecule has 0 saturated heterocycles. The van der Waals surface area contributed by atoms with E-state index in [1.54, 1.807) is 18.2 Å². The summed E-state index contributed by atoms with van der Waals surface area (Å²) in [5.41, 5.74) is 6.02. The molecule has 2 N–H and O–H groups in total. The first-order valence-corrected chi connectivity index (χ1v) is 6.32. The zero-order chi connectivity index (χ0) is 11.5. The van der Waals surface area contributed by atoms with E-state index in [1.807, 2.05) is 13.8 Å². The zero-order valence-electron chi connectivity index (χ0n) is 8.97. The van der Waals surface area contributed by atoms with Gasteiger partial charge in [-0.05, 0) is 18.2 Å². The van der Waals surface area contributed by atoms with Crippen LogP contribution in [0.4, 0.5) is 5.69 Å².